The smallest absolute Gasteiger partial charge is 0.138 e. The molecule has 0 unspecified atom stereocenters. The highest BCUT2D eigenvalue weighted by Gasteiger charge is 2.13. The van der Waals surface area contributed by atoms with Crippen molar-refractivity contribution in [1.29, 1.82) is 0 Å². The van der Waals surface area contributed by atoms with E-state index in [0.717, 1.165) is 11.3 Å². The minimum absolute atomic E-state index is 0.268. The van der Waals surface area contributed by atoms with Crippen molar-refractivity contribution in [3.63, 3.8) is 0 Å². The number of carbonyl (C=O) groups is 1. The first-order chi connectivity index (χ1) is 13.8. The minimum atomic E-state index is 0.268. The Labute approximate surface area is 164 Å². The molecule has 0 atom stereocenters. The second-order valence-corrected chi connectivity index (χ2v) is 7.39. The largest absolute Gasteiger partial charge is 0.309 e. The van der Waals surface area contributed by atoms with Crippen molar-refractivity contribution in [2.24, 2.45) is 5.92 Å². The number of hydrogen-bond acceptors (Lipinski definition) is 1. The number of fused-ring (bicyclic) bond motifs is 3. The second kappa shape index (κ2) is 6.97. The Morgan fingerprint density at radius 2 is 1.32 bits per heavy atom. The van der Waals surface area contributed by atoms with E-state index in [0.29, 0.717) is 12.8 Å². The molecule has 0 aliphatic heterocycles. The summed E-state index contributed by atoms with van der Waals surface area (Å²) in [5.74, 6) is 0.551. The Hall–Kier alpha value is -3.39. The van der Waals surface area contributed by atoms with E-state index in [1.54, 1.807) is 0 Å². The van der Waals surface area contributed by atoms with Gasteiger partial charge in [0.15, 0.2) is 0 Å². The molecule has 4 aromatic rings. The van der Waals surface area contributed by atoms with Gasteiger partial charge in [-0.05, 0) is 29.8 Å². The highest BCUT2D eigenvalue weighted by molar-refractivity contribution is 6.09. The van der Waals surface area contributed by atoms with Crippen LogP contribution >= 0.6 is 0 Å². The van der Waals surface area contributed by atoms with Crippen LogP contribution < -0.4 is 0 Å². The summed E-state index contributed by atoms with van der Waals surface area (Å²) >= 11 is 0. The second-order valence-electron chi connectivity index (χ2n) is 7.39. The van der Waals surface area contributed by atoms with Crippen LogP contribution in [0.15, 0.2) is 97.1 Å². The molecule has 5 rings (SSSR count). The van der Waals surface area contributed by atoms with Crippen molar-refractivity contribution in [3.05, 3.63) is 103 Å². The van der Waals surface area contributed by atoms with Crippen LogP contribution in [0.1, 0.15) is 12.0 Å². The average molecular weight is 363 g/mol. The Morgan fingerprint density at radius 3 is 1.93 bits per heavy atom. The van der Waals surface area contributed by atoms with Crippen molar-refractivity contribution in [2.45, 2.75) is 12.8 Å². The van der Waals surface area contributed by atoms with Crippen LogP contribution in [0.5, 0.6) is 0 Å². The molecule has 1 aliphatic carbocycles. The summed E-state index contributed by atoms with van der Waals surface area (Å²) in [6.45, 7) is 0. The monoisotopic (exact) mass is 363 g/mol. The van der Waals surface area contributed by atoms with Crippen LogP contribution in [0, 0.1) is 5.92 Å². The molecule has 0 fully saturated rings. The molecule has 0 saturated carbocycles. The fraction of sp³-hybridized carbons (Fsp3) is 0.115. The molecule has 0 radical (unpaired) electrons. The van der Waals surface area contributed by atoms with Gasteiger partial charge in [0.1, 0.15) is 5.78 Å². The fourth-order valence-corrected chi connectivity index (χ4v) is 4.14. The number of carbonyl (C=O) groups excluding carboxylic acids is 1. The molecule has 3 aromatic carbocycles. The highest BCUT2D eigenvalue weighted by Crippen LogP contribution is 2.31. The van der Waals surface area contributed by atoms with E-state index in [9.17, 15) is 4.79 Å². The summed E-state index contributed by atoms with van der Waals surface area (Å²) in [4.78, 5) is 12.4. The highest BCUT2D eigenvalue weighted by atomic mass is 16.1. The molecular weight excluding hydrogens is 342 g/mol. The van der Waals surface area contributed by atoms with E-state index in [-0.39, 0.29) is 11.7 Å². The van der Waals surface area contributed by atoms with Gasteiger partial charge in [-0.2, -0.15) is 0 Å². The van der Waals surface area contributed by atoms with Crippen LogP contribution in [-0.4, -0.2) is 10.4 Å². The Bertz CT molecular complexity index is 1160. The number of ketones is 1. The molecular formula is C26H21NO. The van der Waals surface area contributed by atoms with Gasteiger partial charge in [-0.25, -0.2) is 0 Å². The van der Waals surface area contributed by atoms with E-state index in [4.69, 9.17) is 0 Å². The molecule has 2 heteroatoms. The van der Waals surface area contributed by atoms with Crippen molar-refractivity contribution in [3.8, 4) is 5.69 Å². The quantitative estimate of drug-likeness (QED) is 0.424. The van der Waals surface area contributed by atoms with Gasteiger partial charge in [0, 0.05) is 35.2 Å². The summed E-state index contributed by atoms with van der Waals surface area (Å²) < 4.78 is 2.30. The van der Waals surface area contributed by atoms with Crippen LogP contribution in [0.25, 0.3) is 27.5 Å². The summed E-state index contributed by atoms with van der Waals surface area (Å²) in [7, 11) is 0. The van der Waals surface area contributed by atoms with Gasteiger partial charge in [-0.15, -0.1) is 0 Å². The van der Waals surface area contributed by atoms with E-state index in [1.807, 2.05) is 12.2 Å². The number of allylic oxidation sites excluding steroid dienone is 4. The Kier molecular flexibility index (Phi) is 4.17. The van der Waals surface area contributed by atoms with Gasteiger partial charge < -0.3 is 4.57 Å². The number of aromatic nitrogens is 1. The first-order valence-electron chi connectivity index (χ1n) is 9.74. The Morgan fingerprint density at radius 1 is 0.750 bits per heavy atom. The maximum Gasteiger partial charge on any atom is 0.138 e. The first-order valence-corrected chi connectivity index (χ1v) is 9.74. The molecule has 0 amide bonds. The van der Waals surface area contributed by atoms with E-state index in [2.05, 4.69) is 89.5 Å². The lowest BCUT2D eigenvalue weighted by Crippen LogP contribution is -2.07. The third-order valence-corrected chi connectivity index (χ3v) is 5.47. The van der Waals surface area contributed by atoms with Crippen LogP contribution in [0.3, 0.4) is 0 Å². The SMILES string of the molecule is O=C(Cc1ccc(-n2c3ccccc3c3ccccc32)cc1)CC1C=CC=C1. The molecule has 0 N–H and O–H groups in total. The zero-order chi connectivity index (χ0) is 18.9. The van der Waals surface area contributed by atoms with Crippen molar-refractivity contribution < 1.29 is 4.79 Å². The minimum Gasteiger partial charge on any atom is -0.309 e. The van der Waals surface area contributed by atoms with Crippen LogP contribution in [0.2, 0.25) is 0 Å². The number of para-hydroxylation sites is 2. The predicted octanol–water partition coefficient (Wildman–Crippen LogP) is 6.03. The van der Waals surface area contributed by atoms with Gasteiger partial charge in [0.2, 0.25) is 0 Å². The topological polar surface area (TPSA) is 22.0 Å². The van der Waals surface area contributed by atoms with E-state index in [1.165, 1.54) is 21.8 Å². The molecule has 1 heterocycles. The number of hydrogen-bond donors (Lipinski definition) is 0. The molecule has 0 bridgehead atoms. The lowest BCUT2D eigenvalue weighted by Gasteiger charge is -2.09. The van der Waals surface area contributed by atoms with E-state index < -0.39 is 0 Å². The number of Topliss-reactive ketones (excluding diaryl/α,β-unsaturated/α-hetero) is 1. The molecule has 0 saturated heterocycles. The normalized spacial score (nSPS) is 13.7. The van der Waals surface area contributed by atoms with Crippen molar-refractivity contribution >= 4 is 27.6 Å². The third kappa shape index (κ3) is 2.97. The molecule has 28 heavy (non-hydrogen) atoms. The number of nitrogens with zero attached hydrogens (tertiary/aromatic N) is 1. The van der Waals surface area contributed by atoms with Crippen LogP contribution in [-0.2, 0) is 11.2 Å². The Balaban J connectivity index is 1.46. The molecule has 136 valence electrons. The van der Waals surface area contributed by atoms with Crippen molar-refractivity contribution in [2.75, 3.05) is 0 Å². The zero-order valence-electron chi connectivity index (χ0n) is 15.6. The summed E-state index contributed by atoms with van der Waals surface area (Å²) in [5.41, 5.74) is 4.59. The zero-order valence-corrected chi connectivity index (χ0v) is 15.6. The average Bonchev–Trinajstić information content (AvgIpc) is 3.34. The van der Waals surface area contributed by atoms with Gasteiger partial charge in [-0.3, -0.25) is 4.79 Å². The standard InChI is InChI=1S/C26H21NO/c28-22(17-19-7-1-2-8-19)18-20-13-15-21(16-14-20)27-25-11-5-3-9-23(25)24-10-4-6-12-26(24)27/h1-16,19H,17-18H2. The lowest BCUT2D eigenvalue weighted by atomic mass is 9.99. The molecule has 0 spiro atoms. The summed E-state index contributed by atoms with van der Waals surface area (Å²) in [5, 5.41) is 2.52. The van der Waals surface area contributed by atoms with Crippen molar-refractivity contribution in [1.82, 2.24) is 4.57 Å². The first kappa shape index (κ1) is 16.8. The van der Waals surface area contributed by atoms with Gasteiger partial charge in [-0.1, -0.05) is 72.8 Å². The maximum absolute atomic E-state index is 12.4. The maximum atomic E-state index is 12.4. The third-order valence-electron chi connectivity index (χ3n) is 5.47. The summed E-state index contributed by atoms with van der Waals surface area (Å²) in [6, 6.07) is 25.4. The van der Waals surface area contributed by atoms with E-state index >= 15 is 0 Å². The number of rotatable bonds is 5. The van der Waals surface area contributed by atoms with Crippen LogP contribution in [0.4, 0.5) is 0 Å². The molecule has 1 aliphatic rings. The fourth-order valence-electron chi connectivity index (χ4n) is 4.14. The van der Waals surface area contributed by atoms with Gasteiger partial charge >= 0.3 is 0 Å². The molecule has 2 nitrogen and oxygen atoms in total. The molecule has 1 aromatic heterocycles. The van der Waals surface area contributed by atoms with Gasteiger partial charge in [0.05, 0.1) is 11.0 Å². The van der Waals surface area contributed by atoms with Gasteiger partial charge in [0.25, 0.3) is 0 Å². The lowest BCUT2D eigenvalue weighted by molar-refractivity contribution is -0.118. The number of benzene rings is 3. The summed E-state index contributed by atoms with van der Waals surface area (Å²) in [6.07, 6.45) is 9.27. The predicted molar refractivity (Wildman–Crippen MR) is 116 cm³/mol.